The van der Waals surface area contributed by atoms with Crippen LogP contribution in [0.4, 0.5) is 5.69 Å². The van der Waals surface area contributed by atoms with Gasteiger partial charge < -0.3 is 25.6 Å². The lowest BCUT2D eigenvalue weighted by molar-refractivity contribution is -0.140. The number of carbonyl (C=O) groups is 4. The zero-order valence-corrected chi connectivity index (χ0v) is 34.2. The molecule has 4 aliphatic rings. The van der Waals surface area contributed by atoms with Gasteiger partial charge in [-0.3, -0.25) is 28.5 Å². The third-order valence-corrected chi connectivity index (χ3v) is 13.9. The van der Waals surface area contributed by atoms with Crippen LogP contribution < -0.4 is 25.4 Å². The molecule has 7 rings (SSSR count). The van der Waals surface area contributed by atoms with Gasteiger partial charge in [-0.1, -0.05) is 49.3 Å². The number of sulfonamides is 1. The number of rotatable bonds is 10. The van der Waals surface area contributed by atoms with Crippen molar-refractivity contribution in [3.8, 4) is 6.01 Å². The molecular weight excluding hydrogens is 747 g/mol. The molecule has 3 fully saturated rings. The molecule has 2 aromatic carbocycles. The van der Waals surface area contributed by atoms with Crippen molar-refractivity contribution in [2.45, 2.75) is 133 Å². The summed E-state index contributed by atoms with van der Waals surface area (Å²) in [6.45, 7) is 9.41. The van der Waals surface area contributed by atoms with Crippen molar-refractivity contribution < 1.29 is 32.3 Å². The van der Waals surface area contributed by atoms with E-state index in [9.17, 15) is 27.6 Å². The van der Waals surface area contributed by atoms with E-state index in [4.69, 9.17) is 9.72 Å². The number of aromatic nitrogens is 2. The predicted octanol–water partition coefficient (Wildman–Crippen LogP) is 4.98. The van der Waals surface area contributed by atoms with Crippen molar-refractivity contribution in [1.29, 1.82) is 0 Å². The number of nitrogens with zero attached hydrogens (tertiary/aromatic N) is 3. The number of anilines is 1. The van der Waals surface area contributed by atoms with Crippen LogP contribution in [0.15, 0.2) is 60.7 Å². The number of nitrogens with one attached hydrogen (secondary N) is 4. The van der Waals surface area contributed by atoms with Gasteiger partial charge in [-0.15, -0.1) is 0 Å². The molecule has 57 heavy (non-hydrogen) atoms. The molecule has 14 nitrogen and oxygen atoms in total. The highest BCUT2D eigenvalue weighted by Gasteiger charge is 2.63. The van der Waals surface area contributed by atoms with Gasteiger partial charge in [-0.25, -0.2) is 8.42 Å². The first-order chi connectivity index (χ1) is 27.1. The fraction of sp³-hybridized carbons (Fsp3) is 0.548. The highest BCUT2D eigenvalue weighted by molar-refractivity contribution is 7.91. The number of hydrogen-bond acceptors (Lipinski definition) is 9. The Hall–Kier alpha value is -4.92. The van der Waals surface area contributed by atoms with E-state index in [-0.39, 0.29) is 49.3 Å². The number of benzene rings is 2. The van der Waals surface area contributed by atoms with Crippen molar-refractivity contribution in [1.82, 2.24) is 29.8 Å². The first kappa shape index (κ1) is 40.3. The molecule has 1 aromatic heterocycles. The van der Waals surface area contributed by atoms with Crippen molar-refractivity contribution in [3.63, 3.8) is 0 Å². The third kappa shape index (κ3) is 8.26. The van der Waals surface area contributed by atoms with Crippen molar-refractivity contribution in [2.24, 2.45) is 5.92 Å². The van der Waals surface area contributed by atoms with Crippen LogP contribution in [0.25, 0.3) is 11.0 Å². The molecule has 0 spiro atoms. The first-order valence-corrected chi connectivity index (χ1v) is 21.8. The van der Waals surface area contributed by atoms with Gasteiger partial charge >= 0.3 is 0 Å². The Balaban J connectivity index is 1.22. The zero-order chi connectivity index (χ0) is 40.7. The molecule has 4 amide bonds. The van der Waals surface area contributed by atoms with Gasteiger partial charge in [-0.05, 0) is 97.4 Å². The second-order valence-electron chi connectivity index (χ2n) is 16.9. The minimum atomic E-state index is -3.98. The third-order valence-electron chi connectivity index (χ3n) is 11.7. The summed E-state index contributed by atoms with van der Waals surface area (Å²) in [7, 11) is -3.98. The van der Waals surface area contributed by atoms with E-state index in [1.165, 1.54) is 4.90 Å². The van der Waals surface area contributed by atoms with Gasteiger partial charge in [0.15, 0.2) is 0 Å². The molecule has 15 heteroatoms. The molecule has 0 radical (unpaired) electrons. The first-order valence-electron chi connectivity index (χ1n) is 20.3. The monoisotopic (exact) mass is 801 g/mol. The van der Waals surface area contributed by atoms with Crippen LogP contribution in [0.3, 0.4) is 0 Å². The van der Waals surface area contributed by atoms with Gasteiger partial charge in [0.25, 0.3) is 17.8 Å². The molecule has 1 saturated heterocycles. The number of fused-ring (bicyclic) bond motifs is 3. The van der Waals surface area contributed by atoms with Gasteiger partial charge in [0.1, 0.15) is 29.2 Å². The van der Waals surface area contributed by atoms with Gasteiger partial charge in [0.05, 0.1) is 22.4 Å². The Kier molecular flexibility index (Phi) is 11.2. The number of amides is 4. The summed E-state index contributed by atoms with van der Waals surface area (Å²) in [5.74, 6) is -2.27. The SMILES string of the molecule is CC(C)NC(=O)c1cccc2c1nc(O[C@@H]1C[C@H]3C(=O)N[C@]4(C(=O)NS(=O)(=O)C5(C)CC5)C[C@H]4/C=C\CCCCC[C@H](Nc4ccccc4)C(=O)N3C1)n2C(C)C. The normalized spacial score (nSPS) is 26.8. The Bertz CT molecular complexity index is 2160. The van der Waals surface area contributed by atoms with E-state index in [1.807, 2.05) is 80.8 Å². The minimum absolute atomic E-state index is 0.0567. The molecule has 0 unspecified atom stereocenters. The van der Waals surface area contributed by atoms with Crippen molar-refractivity contribution >= 4 is 50.4 Å². The van der Waals surface area contributed by atoms with Crippen LogP contribution in [0, 0.1) is 5.92 Å². The second kappa shape index (κ2) is 15.8. The molecule has 4 N–H and O–H groups in total. The number of carbonyl (C=O) groups excluding carboxylic acids is 4. The highest BCUT2D eigenvalue weighted by Crippen LogP contribution is 2.47. The maximum absolute atomic E-state index is 14.7. The number of ether oxygens (including phenoxy) is 1. The minimum Gasteiger partial charge on any atom is -0.459 e. The molecule has 3 aromatic rings. The lowest BCUT2D eigenvalue weighted by Gasteiger charge is -2.30. The average Bonchev–Trinajstić information content (AvgIpc) is 3.98. The molecule has 5 atom stereocenters. The molecule has 2 aliphatic heterocycles. The maximum atomic E-state index is 14.7. The Morgan fingerprint density at radius 3 is 2.46 bits per heavy atom. The van der Waals surface area contributed by atoms with Gasteiger partial charge in [0, 0.05) is 30.1 Å². The van der Waals surface area contributed by atoms with Crippen LogP contribution in [0.2, 0.25) is 0 Å². The summed E-state index contributed by atoms with van der Waals surface area (Å²) in [5, 5.41) is 9.31. The van der Waals surface area contributed by atoms with Crippen LogP contribution in [-0.4, -0.2) is 87.6 Å². The largest absolute Gasteiger partial charge is 0.459 e. The van der Waals surface area contributed by atoms with E-state index in [0.29, 0.717) is 35.9 Å². The molecule has 2 aliphatic carbocycles. The summed E-state index contributed by atoms with van der Waals surface area (Å²) in [6.07, 6.45) is 8.24. The average molecular weight is 802 g/mol. The molecule has 0 bridgehead atoms. The van der Waals surface area contributed by atoms with Crippen LogP contribution in [0.1, 0.15) is 109 Å². The fourth-order valence-corrected chi connectivity index (χ4v) is 9.34. The standard InChI is InChI=1S/C42H55N7O7S/c1-26(2)43-36(50)31-18-14-20-33-35(31)45-40(49(33)27(3)4)56-30-23-34-37(51)46-42(39(53)47-57(54,55)41(5)21-22-41)24-28(42)15-10-7-6-8-13-19-32(38(52)48(34)25-30)44-29-16-11-9-12-17-29/h9-12,14-18,20,26-28,30,32,34,44H,6-8,13,19,21-25H2,1-5H3,(H,43,50)(H,46,51)(H,47,53)/b15-10-/t28-,30-,32+,34+,42-/m1/s1. The summed E-state index contributed by atoms with van der Waals surface area (Å²) < 4.78 is 36.3. The van der Waals surface area contributed by atoms with E-state index in [0.717, 1.165) is 31.4 Å². The predicted molar refractivity (Wildman–Crippen MR) is 217 cm³/mol. The summed E-state index contributed by atoms with van der Waals surface area (Å²) in [4.78, 5) is 62.8. The van der Waals surface area contributed by atoms with Gasteiger partial charge in [0.2, 0.25) is 21.8 Å². The van der Waals surface area contributed by atoms with Crippen molar-refractivity contribution in [2.75, 3.05) is 11.9 Å². The Morgan fingerprint density at radius 1 is 1.00 bits per heavy atom. The van der Waals surface area contributed by atoms with E-state index >= 15 is 0 Å². The second-order valence-corrected chi connectivity index (χ2v) is 19.1. The lowest BCUT2D eigenvalue weighted by Crippen LogP contribution is -2.58. The zero-order valence-electron chi connectivity index (χ0n) is 33.4. The smallest absolute Gasteiger partial charge is 0.297 e. The molecule has 2 saturated carbocycles. The van der Waals surface area contributed by atoms with E-state index < -0.39 is 56.2 Å². The van der Waals surface area contributed by atoms with Crippen LogP contribution in [-0.2, 0) is 24.4 Å². The molecular formula is C42H55N7O7S. The highest BCUT2D eigenvalue weighted by atomic mass is 32.2. The molecule has 3 heterocycles. The molecule has 306 valence electrons. The number of hydrogen-bond donors (Lipinski definition) is 4. The van der Waals surface area contributed by atoms with Gasteiger partial charge in [-0.2, -0.15) is 4.98 Å². The van der Waals surface area contributed by atoms with E-state index in [1.54, 1.807) is 19.1 Å². The maximum Gasteiger partial charge on any atom is 0.297 e. The Morgan fingerprint density at radius 2 is 1.75 bits per heavy atom. The number of para-hydroxylation sites is 2. The van der Waals surface area contributed by atoms with E-state index in [2.05, 4.69) is 20.7 Å². The summed E-state index contributed by atoms with van der Waals surface area (Å²) in [5.41, 5.74) is 0.878. The summed E-state index contributed by atoms with van der Waals surface area (Å²) in [6, 6.07) is 13.2. The van der Waals surface area contributed by atoms with Crippen LogP contribution in [0.5, 0.6) is 6.01 Å². The number of imidazole rings is 1. The quantitative estimate of drug-likeness (QED) is 0.206. The lowest BCUT2D eigenvalue weighted by atomic mass is 10.0. The van der Waals surface area contributed by atoms with Crippen LogP contribution >= 0.6 is 0 Å². The summed E-state index contributed by atoms with van der Waals surface area (Å²) >= 11 is 0. The fourth-order valence-electron chi connectivity index (χ4n) is 8.03. The van der Waals surface area contributed by atoms with Crippen molar-refractivity contribution in [3.05, 3.63) is 66.2 Å². The topological polar surface area (TPSA) is 181 Å². The number of allylic oxidation sites excluding steroid dienone is 1. The Labute approximate surface area is 334 Å².